The summed E-state index contributed by atoms with van der Waals surface area (Å²) in [7, 11) is 4.78. The van der Waals surface area contributed by atoms with Gasteiger partial charge in [-0.1, -0.05) is 13.8 Å². The van der Waals surface area contributed by atoms with E-state index < -0.39 is 4.92 Å². The third-order valence-electron chi connectivity index (χ3n) is 3.21. The van der Waals surface area contributed by atoms with E-state index in [1.165, 1.54) is 11.8 Å². The number of carbonyl (C=O) groups excluding carboxylic acids is 1. The molecule has 0 fully saturated rings. The Morgan fingerprint density at radius 1 is 1.52 bits per heavy atom. The molecule has 0 amide bonds. The third kappa shape index (κ3) is 3.93. The van der Waals surface area contributed by atoms with Gasteiger partial charge < -0.3 is 9.64 Å². The standard InChI is InChI=1S/C13H22N4O4/c1-9(2)11-12(17(19)20)13(16(4)14-11)15(3)8-6-7-10(18)21-5/h9H,6-8H2,1-5H3. The number of anilines is 1. The first-order valence-corrected chi connectivity index (χ1v) is 6.78. The van der Waals surface area contributed by atoms with Crippen LogP contribution in [0, 0.1) is 10.1 Å². The van der Waals surface area contributed by atoms with Crippen molar-refractivity contribution in [3.8, 4) is 0 Å². The molecular formula is C13H22N4O4. The Morgan fingerprint density at radius 3 is 2.62 bits per heavy atom. The SMILES string of the molecule is COC(=O)CCCN(C)c1c([N+](=O)[O-])c(C(C)C)nn1C. The number of ether oxygens (including phenoxy) is 1. The van der Waals surface area contributed by atoms with Crippen LogP contribution in [0.4, 0.5) is 11.5 Å². The summed E-state index contributed by atoms with van der Waals surface area (Å²) < 4.78 is 6.10. The van der Waals surface area contributed by atoms with Gasteiger partial charge in [0.1, 0.15) is 5.69 Å². The van der Waals surface area contributed by atoms with E-state index in [-0.39, 0.29) is 24.0 Å². The number of methoxy groups -OCH3 is 1. The molecular weight excluding hydrogens is 276 g/mol. The number of hydrogen-bond acceptors (Lipinski definition) is 6. The lowest BCUT2D eigenvalue weighted by molar-refractivity contribution is -0.385. The van der Waals surface area contributed by atoms with Crippen LogP contribution in [0.25, 0.3) is 0 Å². The second-order valence-corrected chi connectivity index (χ2v) is 5.19. The van der Waals surface area contributed by atoms with Crippen molar-refractivity contribution in [1.29, 1.82) is 0 Å². The first kappa shape index (κ1) is 16.9. The third-order valence-corrected chi connectivity index (χ3v) is 3.21. The van der Waals surface area contributed by atoms with Crippen LogP contribution in [-0.4, -0.2) is 41.4 Å². The lowest BCUT2D eigenvalue weighted by Crippen LogP contribution is -2.23. The molecule has 0 radical (unpaired) electrons. The fourth-order valence-electron chi connectivity index (χ4n) is 2.18. The summed E-state index contributed by atoms with van der Waals surface area (Å²) in [5, 5.41) is 15.6. The lowest BCUT2D eigenvalue weighted by Gasteiger charge is -2.17. The predicted molar refractivity (Wildman–Crippen MR) is 78.5 cm³/mol. The summed E-state index contributed by atoms with van der Waals surface area (Å²) in [6.45, 7) is 4.25. The van der Waals surface area contributed by atoms with E-state index in [4.69, 9.17) is 0 Å². The number of nitrogens with zero attached hydrogens (tertiary/aromatic N) is 4. The Kier molecular flexibility index (Phi) is 5.69. The summed E-state index contributed by atoms with van der Waals surface area (Å²) in [4.78, 5) is 23.8. The average molecular weight is 298 g/mol. The highest BCUT2D eigenvalue weighted by Crippen LogP contribution is 2.34. The number of esters is 1. The molecule has 21 heavy (non-hydrogen) atoms. The molecule has 118 valence electrons. The maximum Gasteiger partial charge on any atom is 0.334 e. The number of aromatic nitrogens is 2. The van der Waals surface area contributed by atoms with Gasteiger partial charge in [-0.25, -0.2) is 4.68 Å². The molecule has 0 unspecified atom stereocenters. The second kappa shape index (κ2) is 7.05. The molecule has 0 aliphatic rings. The van der Waals surface area contributed by atoms with Crippen LogP contribution < -0.4 is 4.90 Å². The molecule has 0 saturated carbocycles. The fraction of sp³-hybridized carbons (Fsp3) is 0.692. The van der Waals surface area contributed by atoms with Crippen LogP contribution in [0.5, 0.6) is 0 Å². The number of carbonyl (C=O) groups is 1. The van der Waals surface area contributed by atoms with Crippen LogP contribution in [0.3, 0.4) is 0 Å². The Hall–Kier alpha value is -2.12. The molecule has 0 aromatic carbocycles. The van der Waals surface area contributed by atoms with Crippen molar-refractivity contribution in [1.82, 2.24) is 9.78 Å². The molecule has 1 aromatic rings. The normalized spacial score (nSPS) is 10.8. The zero-order valence-electron chi connectivity index (χ0n) is 13.1. The summed E-state index contributed by atoms with van der Waals surface area (Å²) in [5.74, 6) is 0.133. The maximum atomic E-state index is 11.3. The van der Waals surface area contributed by atoms with Gasteiger partial charge in [0.25, 0.3) is 0 Å². The van der Waals surface area contributed by atoms with E-state index in [2.05, 4.69) is 9.84 Å². The molecule has 0 spiro atoms. The van der Waals surface area contributed by atoms with Gasteiger partial charge >= 0.3 is 11.7 Å². The van der Waals surface area contributed by atoms with Gasteiger partial charge in [0.15, 0.2) is 0 Å². The molecule has 8 nitrogen and oxygen atoms in total. The second-order valence-electron chi connectivity index (χ2n) is 5.19. The van der Waals surface area contributed by atoms with E-state index in [1.54, 1.807) is 19.0 Å². The topological polar surface area (TPSA) is 90.5 Å². The highest BCUT2D eigenvalue weighted by molar-refractivity contribution is 5.69. The van der Waals surface area contributed by atoms with Crippen molar-refractivity contribution in [2.45, 2.75) is 32.6 Å². The summed E-state index contributed by atoms with van der Waals surface area (Å²) >= 11 is 0. The summed E-state index contributed by atoms with van der Waals surface area (Å²) in [6, 6.07) is 0. The number of nitro groups is 1. The van der Waals surface area contributed by atoms with Crippen LogP contribution >= 0.6 is 0 Å². The zero-order valence-corrected chi connectivity index (χ0v) is 13.1. The van der Waals surface area contributed by atoms with Crippen LogP contribution in [0.1, 0.15) is 38.3 Å². The van der Waals surface area contributed by atoms with Gasteiger partial charge in [0, 0.05) is 33.0 Å². The Balaban J connectivity index is 2.95. The molecule has 1 aromatic heterocycles. The smallest absolute Gasteiger partial charge is 0.334 e. The van der Waals surface area contributed by atoms with Crippen molar-refractivity contribution in [2.75, 3.05) is 25.6 Å². The summed E-state index contributed by atoms with van der Waals surface area (Å²) in [5.41, 5.74) is 0.505. The predicted octanol–water partition coefficient (Wildman–Crippen LogP) is 1.84. The largest absolute Gasteiger partial charge is 0.469 e. The van der Waals surface area contributed by atoms with Gasteiger partial charge in [0.2, 0.25) is 5.82 Å². The minimum Gasteiger partial charge on any atom is -0.469 e. The molecule has 0 aliphatic heterocycles. The van der Waals surface area contributed by atoms with Gasteiger partial charge in [-0.2, -0.15) is 5.10 Å². The maximum absolute atomic E-state index is 11.3. The molecule has 0 bridgehead atoms. The molecule has 0 saturated heterocycles. The van der Waals surface area contributed by atoms with E-state index >= 15 is 0 Å². The lowest BCUT2D eigenvalue weighted by atomic mass is 10.1. The average Bonchev–Trinajstić information content (AvgIpc) is 2.76. The molecule has 0 atom stereocenters. The van der Waals surface area contributed by atoms with Crippen LogP contribution in [0.15, 0.2) is 0 Å². The molecule has 8 heteroatoms. The first-order chi connectivity index (χ1) is 9.79. The zero-order chi connectivity index (χ0) is 16.2. The number of rotatable bonds is 7. The molecule has 0 N–H and O–H groups in total. The Morgan fingerprint density at radius 2 is 2.14 bits per heavy atom. The molecule has 1 heterocycles. The molecule has 1 rings (SSSR count). The Labute approximate surface area is 123 Å². The van der Waals surface area contributed by atoms with Gasteiger partial charge in [-0.3, -0.25) is 14.9 Å². The summed E-state index contributed by atoms with van der Waals surface area (Å²) in [6.07, 6.45) is 0.839. The number of aryl methyl sites for hydroxylation is 1. The van der Waals surface area contributed by atoms with Crippen LogP contribution in [-0.2, 0) is 16.6 Å². The van der Waals surface area contributed by atoms with E-state index in [0.717, 1.165) is 0 Å². The van der Waals surface area contributed by atoms with Gasteiger partial charge in [-0.15, -0.1) is 0 Å². The minimum atomic E-state index is -0.394. The van der Waals surface area contributed by atoms with E-state index in [1.807, 2.05) is 13.8 Å². The van der Waals surface area contributed by atoms with Crippen molar-refractivity contribution < 1.29 is 14.5 Å². The Bertz CT molecular complexity index is 524. The first-order valence-electron chi connectivity index (χ1n) is 6.78. The van der Waals surface area contributed by atoms with Crippen molar-refractivity contribution in [2.24, 2.45) is 7.05 Å². The van der Waals surface area contributed by atoms with Crippen molar-refractivity contribution in [3.63, 3.8) is 0 Å². The minimum absolute atomic E-state index is 0.0335. The van der Waals surface area contributed by atoms with Crippen molar-refractivity contribution >= 4 is 17.5 Å². The van der Waals surface area contributed by atoms with E-state index in [9.17, 15) is 14.9 Å². The van der Waals surface area contributed by atoms with Crippen LogP contribution in [0.2, 0.25) is 0 Å². The molecule has 0 aliphatic carbocycles. The highest BCUT2D eigenvalue weighted by atomic mass is 16.6. The fourth-order valence-corrected chi connectivity index (χ4v) is 2.18. The van der Waals surface area contributed by atoms with Gasteiger partial charge in [0.05, 0.1) is 12.0 Å². The monoisotopic (exact) mass is 298 g/mol. The van der Waals surface area contributed by atoms with Gasteiger partial charge in [-0.05, 0) is 6.42 Å². The van der Waals surface area contributed by atoms with E-state index in [0.29, 0.717) is 24.5 Å². The number of hydrogen-bond donors (Lipinski definition) is 0. The quantitative estimate of drug-likeness (QED) is 0.433. The highest BCUT2D eigenvalue weighted by Gasteiger charge is 2.30. The van der Waals surface area contributed by atoms with Crippen molar-refractivity contribution in [3.05, 3.63) is 15.8 Å².